The van der Waals surface area contributed by atoms with Crippen molar-refractivity contribution < 1.29 is 27.8 Å². The average molecular weight is 228 g/mol. The molecular weight excluding hydrogens is 222 g/mol. The molecule has 1 aromatic carbocycles. The van der Waals surface area contributed by atoms with Crippen LogP contribution in [0, 0.1) is 0 Å². The Morgan fingerprint density at radius 2 is 1.81 bits per heavy atom. The molecule has 4 nitrogen and oxygen atoms in total. The van der Waals surface area contributed by atoms with Gasteiger partial charge in [0, 0.05) is 12.5 Å². The van der Waals surface area contributed by atoms with Gasteiger partial charge in [-0.1, -0.05) is 0 Å². The number of carbonyl (C=O) groups excluding carboxylic acids is 2. The molecule has 0 aromatic heterocycles. The lowest BCUT2D eigenvalue weighted by Crippen LogP contribution is -2.25. The van der Waals surface area contributed by atoms with Crippen molar-refractivity contribution in [1.29, 1.82) is 0 Å². The Hall–Kier alpha value is -1.98. The number of Topliss-reactive ketones (excluding diaryl/α,β-unsaturated/α-hetero) is 2. The second-order valence-electron chi connectivity index (χ2n) is 3.21. The van der Waals surface area contributed by atoms with Crippen LogP contribution in [0.1, 0.15) is 17.3 Å². The maximum Gasteiger partial charge on any atom is 0.586 e. The van der Waals surface area contributed by atoms with Gasteiger partial charge in [-0.3, -0.25) is 9.59 Å². The number of fused-ring (bicyclic) bond motifs is 1. The van der Waals surface area contributed by atoms with Gasteiger partial charge in [-0.2, -0.15) is 0 Å². The third kappa shape index (κ3) is 1.73. The number of ether oxygens (including phenoxy) is 2. The molecule has 0 bridgehead atoms. The number of rotatable bonds is 2. The van der Waals surface area contributed by atoms with Gasteiger partial charge in [0.05, 0.1) is 0 Å². The van der Waals surface area contributed by atoms with E-state index < -0.39 is 17.9 Å². The quantitative estimate of drug-likeness (QED) is 0.571. The van der Waals surface area contributed by atoms with E-state index in [4.69, 9.17) is 0 Å². The van der Waals surface area contributed by atoms with Crippen molar-refractivity contribution in [2.24, 2.45) is 0 Å². The molecule has 16 heavy (non-hydrogen) atoms. The molecule has 0 saturated carbocycles. The first kappa shape index (κ1) is 10.5. The van der Waals surface area contributed by atoms with Crippen molar-refractivity contribution in [1.82, 2.24) is 0 Å². The molecule has 0 N–H and O–H groups in total. The van der Waals surface area contributed by atoms with Gasteiger partial charge in [-0.15, -0.1) is 8.78 Å². The lowest BCUT2D eigenvalue weighted by molar-refractivity contribution is -0.286. The van der Waals surface area contributed by atoms with Crippen LogP contribution in [-0.4, -0.2) is 17.9 Å². The van der Waals surface area contributed by atoms with Crippen molar-refractivity contribution in [3.05, 3.63) is 23.8 Å². The van der Waals surface area contributed by atoms with E-state index in [-0.39, 0.29) is 17.1 Å². The highest BCUT2D eigenvalue weighted by Crippen LogP contribution is 2.41. The van der Waals surface area contributed by atoms with Crippen LogP contribution in [-0.2, 0) is 4.79 Å². The minimum absolute atomic E-state index is 0.00690. The lowest BCUT2D eigenvalue weighted by Gasteiger charge is -2.04. The third-order valence-electron chi connectivity index (χ3n) is 1.98. The van der Waals surface area contributed by atoms with Crippen LogP contribution in [0.4, 0.5) is 8.78 Å². The van der Waals surface area contributed by atoms with Crippen molar-refractivity contribution >= 4 is 11.6 Å². The van der Waals surface area contributed by atoms with Crippen LogP contribution < -0.4 is 9.47 Å². The molecule has 1 aromatic rings. The fourth-order valence-corrected chi connectivity index (χ4v) is 1.29. The maximum atomic E-state index is 12.6. The van der Waals surface area contributed by atoms with E-state index in [1.54, 1.807) is 0 Å². The fraction of sp³-hybridized carbons (Fsp3) is 0.200. The number of alkyl halides is 2. The van der Waals surface area contributed by atoms with Gasteiger partial charge in [0.15, 0.2) is 17.3 Å². The normalized spacial score (nSPS) is 15.9. The summed E-state index contributed by atoms with van der Waals surface area (Å²) in [7, 11) is 0. The number of benzene rings is 1. The first-order valence-corrected chi connectivity index (χ1v) is 4.34. The van der Waals surface area contributed by atoms with Crippen LogP contribution in [0.5, 0.6) is 11.5 Å². The molecule has 0 saturated heterocycles. The zero-order valence-electron chi connectivity index (χ0n) is 8.12. The smallest absolute Gasteiger partial charge is 0.395 e. The van der Waals surface area contributed by atoms with E-state index in [2.05, 4.69) is 9.47 Å². The summed E-state index contributed by atoms with van der Waals surface area (Å²) in [6, 6.07) is 3.44. The lowest BCUT2D eigenvalue weighted by atomic mass is 10.1. The molecular formula is C10H6F2O4. The van der Waals surface area contributed by atoms with Crippen molar-refractivity contribution in [2.45, 2.75) is 13.2 Å². The Kier molecular flexibility index (Phi) is 2.15. The minimum Gasteiger partial charge on any atom is -0.395 e. The van der Waals surface area contributed by atoms with E-state index in [9.17, 15) is 18.4 Å². The summed E-state index contributed by atoms with van der Waals surface area (Å²) in [5.74, 6) is -1.85. The number of carbonyl (C=O) groups is 2. The molecule has 0 fully saturated rings. The summed E-state index contributed by atoms with van der Waals surface area (Å²) >= 11 is 0. The van der Waals surface area contributed by atoms with Crippen molar-refractivity contribution in [3.8, 4) is 11.5 Å². The van der Waals surface area contributed by atoms with Crippen LogP contribution >= 0.6 is 0 Å². The standard InChI is InChI=1S/C10H6F2O4/c1-5(13)9(14)6-2-3-7-8(4-6)16-10(11,12)15-7/h2-4H,1H3. The minimum atomic E-state index is -3.72. The van der Waals surface area contributed by atoms with Gasteiger partial charge < -0.3 is 9.47 Å². The largest absolute Gasteiger partial charge is 0.586 e. The molecule has 0 unspecified atom stereocenters. The molecule has 6 heteroatoms. The molecule has 0 aliphatic carbocycles. The van der Waals surface area contributed by atoms with Crippen molar-refractivity contribution in [3.63, 3.8) is 0 Å². The topological polar surface area (TPSA) is 52.6 Å². The van der Waals surface area contributed by atoms with Gasteiger partial charge in [0.25, 0.3) is 0 Å². The SMILES string of the molecule is CC(=O)C(=O)c1ccc2c(c1)OC(F)(F)O2. The zero-order chi connectivity index (χ0) is 11.9. The first-order valence-electron chi connectivity index (χ1n) is 4.34. The summed E-state index contributed by atoms with van der Waals surface area (Å²) in [5.41, 5.74) is -0.00690. The predicted molar refractivity (Wildman–Crippen MR) is 47.7 cm³/mol. The zero-order valence-corrected chi connectivity index (χ0v) is 8.12. The monoisotopic (exact) mass is 228 g/mol. The highest BCUT2D eigenvalue weighted by atomic mass is 19.3. The van der Waals surface area contributed by atoms with Crippen LogP contribution in [0.3, 0.4) is 0 Å². The molecule has 0 amide bonds. The summed E-state index contributed by atoms with van der Waals surface area (Å²) in [5, 5.41) is 0. The first-order chi connectivity index (χ1) is 7.39. The fourth-order valence-electron chi connectivity index (χ4n) is 1.29. The molecule has 0 atom stereocenters. The second-order valence-corrected chi connectivity index (χ2v) is 3.21. The Balaban J connectivity index is 2.36. The average Bonchev–Trinajstić information content (AvgIpc) is 2.48. The second kappa shape index (κ2) is 3.26. The van der Waals surface area contributed by atoms with E-state index in [0.29, 0.717) is 0 Å². The number of hydrogen-bond acceptors (Lipinski definition) is 4. The van der Waals surface area contributed by atoms with Crippen LogP contribution in [0.2, 0.25) is 0 Å². The molecule has 1 aliphatic heterocycles. The predicted octanol–water partition coefficient (Wildman–Crippen LogP) is 1.78. The molecule has 84 valence electrons. The number of hydrogen-bond donors (Lipinski definition) is 0. The number of halogens is 2. The van der Waals surface area contributed by atoms with Gasteiger partial charge in [0.1, 0.15) is 0 Å². The summed E-state index contributed by atoms with van der Waals surface area (Å²) in [6.45, 7) is 1.10. The van der Waals surface area contributed by atoms with Crippen LogP contribution in [0.25, 0.3) is 0 Å². The van der Waals surface area contributed by atoms with E-state index >= 15 is 0 Å². The van der Waals surface area contributed by atoms with Crippen LogP contribution in [0.15, 0.2) is 18.2 Å². The van der Waals surface area contributed by atoms with Gasteiger partial charge in [0.2, 0.25) is 5.78 Å². The summed E-state index contributed by atoms with van der Waals surface area (Å²) in [4.78, 5) is 22.1. The Bertz CT molecular complexity index is 482. The Labute approximate surface area is 88.8 Å². The third-order valence-corrected chi connectivity index (χ3v) is 1.98. The maximum absolute atomic E-state index is 12.6. The van der Waals surface area contributed by atoms with Gasteiger partial charge in [-0.05, 0) is 18.2 Å². The highest BCUT2D eigenvalue weighted by Gasteiger charge is 2.43. The molecule has 1 aliphatic rings. The summed E-state index contributed by atoms with van der Waals surface area (Å²) in [6.07, 6.45) is -3.72. The molecule has 2 rings (SSSR count). The molecule has 1 heterocycles. The molecule has 0 spiro atoms. The van der Waals surface area contributed by atoms with Gasteiger partial charge in [-0.25, -0.2) is 0 Å². The van der Waals surface area contributed by atoms with Gasteiger partial charge >= 0.3 is 6.29 Å². The van der Waals surface area contributed by atoms with Crippen molar-refractivity contribution in [2.75, 3.05) is 0 Å². The van der Waals surface area contributed by atoms with E-state index in [0.717, 1.165) is 19.1 Å². The van der Waals surface area contributed by atoms with E-state index in [1.165, 1.54) is 6.07 Å². The molecule has 0 radical (unpaired) electrons. The summed E-state index contributed by atoms with van der Waals surface area (Å²) < 4.78 is 33.5. The van der Waals surface area contributed by atoms with E-state index in [1.807, 2.05) is 0 Å². The number of ketones is 2. The highest BCUT2D eigenvalue weighted by molar-refractivity contribution is 6.42. The Morgan fingerprint density at radius 1 is 1.19 bits per heavy atom. The Morgan fingerprint density at radius 3 is 2.44 bits per heavy atom.